The molecule has 0 radical (unpaired) electrons. The molecular weight excluding hydrogens is 232 g/mol. The molecule has 92 valence electrons. The van der Waals surface area contributed by atoms with Gasteiger partial charge < -0.3 is 5.32 Å². The van der Waals surface area contributed by atoms with E-state index in [2.05, 4.69) is 33.8 Å². The zero-order valence-corrected chi connectivity index (χ0v) is 11.1. The number of rotatable bonds is 6. The minimum atomic E-state index is 0.762. The zero-order chi connectivity index (χ0) is 12.1. The minimum Gasteiger partial charge on any atom is -0.311 e. The van der Waals surface area contributed by atoms with Crippen LogP contribution in [-0.4, -0.2) is 21.3 Å². The summed E-state index contributed by atoms with van der Waals surface area (Å²) in [5, 5.41) is 11.0. The summed E-state index contributed by atoms with van der Waals surface area (Å²) in [5.41, 5.74) is 2.18. The summed E-state index contributed by atoms with van der Waals surface area (Å²) in [6.07, 6.45) is 3.16. The second-order valence-electron chi connectivity index (χ2n) is 4.04. The first-order valence-corrected chi connectivity index (χ1v) is 6.80. The first-order valence-electron chi connectivity index (χ1n) is 5.92. The molecule has 4 nitrogen and oxygen atoms in total. The van der Waals surface area contributed by atoms with Crippen LogP contribution in [0.1, 0.15) is 29.7 Å². The Labute approximate surface area is 106 Å². The second kappa shape index (κ2) is 5.93. The molecule has 2 heterocycles. The van der Waals surface area contributed by atoms with Gasteiger partial charge in [-0.3, -0.25) is 4.68 Å². The highest BCUT2D eigenvalue weighted by molar-refractivity contribution is 7.09. The Balaban J connectivity index is 1.89. The van der Waals surface area contributed by atoms with Crippen molar-refractivity contribution < 1.29 is 0 Å². The van der Waals surface area contributed by atoms with Crippen LogP contribution in [0.25, 0.3) is 0 Å². The van der Waals surface area contributed by atoms with Crippen LogP contribution in [0.3, 0.4) is 0 Å². The molecule has 2 aromatic rings. The average molecular weight is 250 g/mol. The molecule has 0 spiro atoms. The van der Waals surface area contributed by atoms with Gasteiger partial charge in [0.05, 0.1) is 22.9 Å². The Morgan fingerprint density at radius 2 is 2.29 bits per heavy atom. The smallest absolute Gasteiger partial charge is 0.0898 e. The molecule has 1 N–H and O–H groups in total. The van der Waals surface area contributed by atoms with Crippen molar-refractivity contribution in [3.8, 4) is 0 Å². The second-order valence-corrected chi connectivity index (χ2v) is 5.10. The Bertz CT molecular complexity index is 461. The quantitative estimate of drug-likeness (QED) is 0.799. The lowest BCUT2D eigenvalue weighted by Gasteiger charge is -1.99. The Hall–Kier alpha value is -1.20. The van der Waals surface area contributed by atoms with E-state index in [4.69, 9.17) is 0 Å². The van der Waals surface area contributed by atoms with Crippen LogP contribution in [0.5, 0.6) is 0 Å². The highest BCUT2D eigenvalue weighted by Gasteiger charge is 2.02. The van der Waals surface area contributed by atoms with E-state index in [0.29, 0.717) is 0 Å². The van der Waals surface area contributed by atoms with Gasteiger partial charge in [0.15, 0.2) is 0 Å². The summed E-state index contributed by atoms with van der Waals surface area (Å²) in [4.78, 5) is 4.43. The fourth-order valence-corrected chi connectivity index (χ4v) is 2.23. The van der Waals surface area contributed by atoms with Crippen molar-refractivity contribution in [3.63, 3.8) is 0 Å². The van der Waals surface area contributed by atoms with Crippen LogP contribution in [-0.2, 0) is 13.1 Å². The molecule has 0 aliphatic rings. The van der Waals surface area contributed by atoms with Gasteiger partial charge in [0.2, 0.25) is 0 Å². The van der Waals surface area contributed by atoms with Gasteiger partial charge in [0.25, 0.3) is 0 Å². The van der Waals surface area contributed by atoms with Crippen molar-refractivity contribution in [2.75, 3.05) is 6.54 Å². The van der Waals surface area contributed by atoms with Gasteiger partial charge in [-0.1, -0.05) is 6.92 Å². The molecule has 2 rings (SSSR count). The standard InChI is InChI=1S/C12H18N4S/c1-3-5-13-7-11-4-6-16(15-11)8-12-9-17-10(2)14-12/h4,6,9,13H,3,5,7-8H2,1-2H3. The van der Waals surface area contributed by atoms with Crippen molar-refractivity contribution in [3.05, 3.63) is 34.0 Å². The average Bonchev–Trinajstić information content (AvgIpc) is 2.90. The number of hydrogen-bond acceptors (Lipinski definition) is 4. The highest BCUT2D eigenvalue weighted by atomic mass is 32.1. The monoisotopic (exact) mass is 250 g/mol. The summed E-state index contributed by atoms with van der Waals surface area (Å²) >= 11 is 1.68. The molecule has 0 fully saturated rings. The molecule has 5 heteroatoms. The SMILES string of the molecule is CCCNCc1ccn(Cc2csc(C)n2)n1. The zero-order valence-electron chi connectivity index (χ0n) is 10.3. The third-order valence-corrected chi connectivity index (χ3v) is 3.24. The van der Waals surface area contributed by atoms with E-state index >= 15 is 0 Å². The number of aryl methyl sites for hydroxylation is 1. The number of nitrogens with zero attached hydrogens (tertiary/aromatic N) is 3. The van der Waals surface area contributed by atoms with E-state index in [9.17, 15) is 0 Å². The Kier molecular flexibility index (Phi) is 4.28. The Morgan fingerprint density at radius 1 is 1.41 bits per heavy atom. The number of hydrogen-bond donors (Lipinski definition) is 1. The lowest BCUT2D eigenvalue weighted by molar-refractivity contribution is 0.624. The van der Waals surface area contributed by atoms with Crippen molar-refractivity contribution in [1.29, 1.82) is 0 Å². The maximum Gasteiger partial charge on any atom is 0.0898 e. The van der Waals surface area contributed by atoms with E-state index in [1.165, 1.54) is 0 Å². The van der Waals surface area contributed by atoms with E-state index in [-0.39, 0.29) is 0 Å². The third-order valence-electron chi connectivity index (χ3n) is 2.42. The van der Waals surface area contributed by atoms with Gasteiger partial charge in [0, 0.05) is 18.1 Å². The third kappa shape index (κ3) is 3.64. The first-order chi connectivity index (χ1) is 8.28. The van der Waals surface area contributed by atoms with Crippen molar-refractivity contribution in [1.82, 2.24) is 20.1 Å². The summed E-state index contributed by atoms with van der Waals surface area (Å²) in [5.74, 6) is 0. The predicted molar refractivity (Wildman–Crippen MR) is 70.2 cm³/mol. The van der Waals surface area contributed by atoms with Crippen LogP contribution in [0.15, 0.2) is 17.6 Å². The fourth-order valence-electron chi connectivity index (χ4n) is 1.63. The van der Waals surface area contributed by atoms with Crippen molar-refractivity contribution in [2.24, 2.45) is 0 Å². The van der Waals surface area contributed by atoms with Crippen LogP contribution in [0, 0.1) is 6.92 Å². The van der Waals surface area contributed by atoms with Gasteiger partial charge in [-0.25, -0.2) is 4.98 Å². The van der Waals surface area contributed by atoms with Gasteiger partial charge in [-0.2, -0.15) is 5.10 Å². The molecule has 0 amide bonds. The minimum absolute atomic E-state index is 0.762. The molecule has 0 bridgehead atoms. The lowest BCUT2D eigenvalue weighted by atomic mass is 10.4. The molecular formula is C12H18N4S. The summed E-state index contributed by atoms with van der Waals surface area (Å²) in [6, 6.07) is 2.06. The van der Waals surface area contributed by atoms with Crippen LogP contribution in [0.2, 0.25) is 0 Å². The topological polar surface area (TPSA) is 42.7 Å². The normalized spacial score (nSPS) is 10.9. The van der Waals surface area contributed by atoms with E-state index < -0.39 is 0 Å². The van der Waals surface area contributed by atoms with Gasteiger partial charge >= 0.3 is 0 Å². The highest BCUT2D eigenvalue weighted by Crippen LogP contribution is 2.09. The number of thiazole rings is 1. The van der Waals surface area contributed by atoms with Crippen LogP contribution in [0.4, 0.5) is 0 Å². The van der Waals surface area contributed by atoms with Crippen molar-refractivity contribution >= 4 is 11.3 Å². The maximum absolute atomic E-state index is 4.51. The van der Waals surface area contributed by atoms with Gasteiger partial charge in [0.1, 0.15) is 0 Å². The largest absolute Gasteiger partial charge is 0.311 e. The molecule has 0 saturated heterocycles. The summed E-state index contributed by atoms with van der Waals surface area (Å²) < 4.78 is 1.94. The molecule has 17 heavy (non-hydrogen) atoms. The Morgan fingerprint density at radius 3 is 3.00 bits per heavy atom. The van der Waals surface area contributed by atoms with E-state index in [1.54, 1.807) is 11.3 Å². The maximum atomic E-state index is 4.51. The molecule has 0 aliphatic carbocycles. The molecule has 0 unspecified atom stereocenters. The molecule has 0 atom stereocenters. The van der Waals surface area contributed by atoms with Crippen molar-refractivity contribution in [2.45, 2.75) is 33.4 Å². The molecule has 2 aromatic heterocycles. The van der Waals surface area contributed by atoms with Gasteiger partial charge in [-0.15, -0.1) is 11.3 Å². The number of aromatic nitrogens is 3. The summed E-state index contributed by atoms with van der Waals surface area (Å²) in [7, 11) is 0. The van der Waals surface area contributed by atoms with Crippen LogP contribution >= 0.6 is 11.3 Å². The van der Waals surface area contributed by atoms with E-state index in [1.807, 2.05) is 17.8 Å². The molecule has 0 aromatic carbocycles. The summed E-state index contributed by atoms with van der Waals surface area (Å²) in [6.45, 7) is 6.83. The lowest BCUT2D eigenvalue weighted by Crippen LogP contribution is -2.14. The molecule has 0 aliphatic heterocycles. The predicted octanol–water partition coefficient (Wildman–Crippen LogP) is 2.20. The molecule has 0 saturated carbocycles. The first kappa shape index (κ1) is 12.3. The number of nitrogens with one attached hydrogen (secondary N) is 1. The van der Waals surface area contributed by atoms with E-state index in [0.717, 1.165) is 42.5 Å². The van der Waals surface area contributed by atoms with Crippen LogP contribution < -0.4 is 5.32 Å². The van der Waals surface area contributed by atoms with Gasteiger partial charge in [-0.05, 0) is 26.0 Å². The fraction of sp³-hybridized carbons (Fsp3) is 0.500.